The van der Waals surface area contributed by atoms with E-state index in [0.29, 0.717) is 19.5 Å². The van der Waals surface area contributed by atoms with Crippen molar-refractivity contribution in [3.05, 3.63) is 29.8 Å². The molecular formula is C17H25F2N3O2. The van der Waals surface area contributed by atoms with Gasteiger partial charge in [0.2, 0.25) is 0 Å². The molecule has 134 valence electrons. The molecule has 2 rings (SSSR count). The normalized spacial score (nSPS) is 18.8. The number of carbonyl (C=O) groups excluding carboxylic acids is 1. The molecule has 0 radical (unpaired) electrons. The predicted octanol–water partition coefficient (Wildman–Crippen LogP) is 2.34. The molecule has 1 aromatic carbocycles. The van der Waals surface area contributed by atoms with Crippen LogP contribution in [0.4, 0.5) is 19.3 Å². The fraction of sp³-hybridized carbons (Fsp3) is 0.588. The molecule has 1 fully saturated rings. The maximum atomic E-state index is 13.9. The van der Waals surface area contributed by atoms with E-state index in [-0.39, 0.29) is 30.3 Å². The smallest absolute Gasteiger partial charge is 0.317 e. The summed E-state index contributed by atoms with van der Waals surface area (Å²) in [6.07, 6.45) is -0.00845. The maximum absolute atomic E-state index is 13.9. The van der Waals surface area contributed by atoms with Crippen molar-refractivity contribution in [2.45, 2.75) is 45.4 Å². The lowest BCUT2D eigenvalue weighted by atomic mass is 10.2. The Morgan fingerprint density at radius 1 is 1.38 bits per heavy atom. The number of amides is 2. The van der Waals surface area contributed by atoms with Crippen LogP contribution in [0.25, 0.3) is 0 Å². The van der Waals surface area contributed by atoms with Gasteiger partial charge in [-0.3, -0.25) is 0 Å². The summed E-state index contributed by atoms with van der Waals surface area (Å²) in [5, 5.41) is 12.4. The summed E-state index contributed by atoms with van der Waals surface area (Å²) < 4.78 is 27.7. The molecule has 2 atom stereocenters. The summed E-state index contributed by atoms with van der Waals surface area (Å²) in [7, 11) is 0. The van der Waals surface area contributed by atoms with Gasteiger partial charge in [-0.15, -0.1) is 0 Å². The molecule has 0 aromatic heterocycles. The molecule has 0 saturated carbocycles. The highest BCUT2D eigenvalue weighted by Crippen LogP contribution is 2.26. The first-order valence-corrected chi connectivity index (χ1v) is 8.23. The Bertz CT molecular complexity index is 561. The summed E-state index contributed by atoms with van der Waals surface area (Å²) in [5.41, 5.74) is -0.0426. The van der Waals surface area contributed by atoms with Crippen LogP contribution < -0.4 is 10.2 Å². The minimum atomic E-state index is -0.620. The predicted molar refractivity (Wildman–Crippen MR) is 89.0 cm³/mol. The minimum absolute atomic E-state index is 0.0426. The number of aliphatic hydroxyl groups excluding tert-OH is 1. The van der Waals surface area contributed by atoms with Crippen LogP contribution in [0.3, 0.4) is 0 Å². The molecule has 1 aliphatic rings. The number of para-hydroxylation sites is 1. The second kappa shape index (κ2) is 7.79. The molecule has 2 amide bonds. The number of anilines is 1. The SMILES string of the molecule is CC(O)CN(C(=O)NC1CCN(c2c(F)cccc2F)C1)C(C)C. The van der Waals surface area contributed by atoms with Crippen LogP contribution in [0.2, 0.25) is 0 Å². The molecule has 5 nitrogen and oxygen atoms in total. The lowest BCUT2D eigenvalue weighted by Crippen LogP contribution is -2.50. The van der Waals surface area contributed by atoms with Gasteiger partial charge in [0.25, 0.3) is 0 Å². The number of nitrogens with zero attached hydrogens (tertiary/aromatic N) is 2. The topological polar surface area (TPSA) is 55.8 Å². The van der Waals surface area contributed by atoms with Crippen molar-refractivity contribution < 1.29 is 18.7 Å². The van der Waals surface area contributed by atoms with Crippen LogP contribution in [-0.4, -0.2) is 53.9 Å². The number of nitrogens with one attached hydrogen (secondary N) is 1. The van der Waals surface area contributed by atoms with E-state index in [1.165, 1.54) is 18.2 Å². The van der Waals surface area contributed by atoms with Crippen LogP contribution in [0.15, 0.2) is 18.2 Å². The zero-order valence-corrected chi connectivity index (χ0v) is 14.3. The van der Waals surface area contributed by atoms with Gasteiger partial charge in [-0.2, -0.15) is 0 Å². The largest absolute Gasteiger partial charge is 0.392 e. The van der Waals surface area contributed by atoms with Gasteiger partial charge in [-0.05, 0) is 39.3 Å². The van der Waals surface area contributed by atoms with Gasteiger partial charge in [-0.1, -0.05) is 6.07 Å². The molecule has 1 aliphatic heterocycles. The van der Waals surface area contributed by atoms with Crippen molar-refractivity contribution in [1.82, 2.24) is 10.2 Å². The second-order valence-electron chi connectivity index (χ2n) is 6.55. The first kappa shape index (κ1) is 18.4. The molecule has 0 bridgehead atoms. The average molecular weight is 341 g/mol. The van der Waals surface area contributed by atoms with E-state index < -0.39 is 17.7 Å². The number of hydrogen-bond donors (Lipinski definition) is 2. The number of halogens is 2. The average Bonchev–Trinajstić information content (AvgIpc) is 2.92. The Labute approximate surface area is 141 Å². The summed E-state index contributed by atoms with van der Waals surface area (Å²) >= 11 is 0. The number of carbonyl (C=O) groups is 1. The summed E-state index contributed by atoms with van der Waals surface area (Å²) in [5.74, 6) is -1.19. The third kappa shape index (κ3) is 4.35. The van der Waals surface area contributed by atoms with Crippen molar-refractivity contribution in [3.63, 3.8) is 0 Å². The van der Waals surface area contributed by atoms with E-state index in [9.17, 15) is 18.7 Å². The molecule has 1 saturated heterocycles. The molecule has 0 aliphatic carbocycles. The highest BCUT2D eigenvalue weighted by Gasteiger charge is 2.29. The third-order valence-electron chi connectivity index (χ3n) is 4.11. The van der Waals surface area contributed by atoms with Gasteiger partial charge < -0.3 is 20.2 Å². The van der Waals surface area contributed by atoms with Gasteiger partial charge >= 0.3 is 6.03 Å². The van der Waals surface area contributed by atoms with Crippen LogP contribution in [0, 0.1) is 11.6 Å². The standard InChI is InChI=1S/C17H25F2N3O2/c1-11(2)22(9-12(3)23)17(24)20-13-7-8-21(10-13)16-14(18)5-4-6-15(16)19/h4-6,11-13,23H,7-10H2,1-3H3,(H,20,24). The molecule has 7 heteroatoms. The van der Waals surface area contributed by atoms with Crippen LogP contribution >= 0.6 is 0 Å². The van der Waals surface area contributed by atoms with Crippen LogP contribution in [0.5, 0.6) is 0 Å². The first-order valence-electron chi connectivity index (χ1n) is 8.23. The number of benzene rings is 1. The highest BCUT2D eigenvalue weighted by atomic mass is 19.1. The third-order valence-corrected chi connectivity index (χ3v) is 4.11. The molecule has 24 heavy (non-hydrogen) atoms. The van der Waals surface area contributed by atoms with E-state index in [2.05, 4.69) is 5.32 Å². The number of urea groups is 1. The number of hydrogen-bond acceptors (Lipinski definition) is 3. The summed E-state index contributed by atoms with van der Waals surface area (Å²) in [6.45, 7) is 6.43. The molecule has 2 unspecified atom stereocenters. The Hall–Kier alpha value is -1.89. The zero-order chi connectivity index (χ0) is 17.9. The van der Waals surface area contributed by atoms with Gasteiger partial charge in [0, 0.05) is 31.7 Å². The highest BCUT2D eigenvalue weighted by molar-refractivity contribution is 5.75. The molecular weight excluding hydrogens is 316 g/mol. The van der Waals surface area contributed by atoms with E-state index in [0.717, 1.165) is 0 Å². The Morgan fingerprint density at radius 3 is 2.54 bits per heavy atom. The summed E-state index contributed by atoms with van der Waals surface area (Å²) in [6, 6.07) is 3.28. The monoisotopic (exact) mass is 341 g/mol. The Morgan fingerprint density at radius 2 is 2.00 bits per heavy atom. The lowest BCUT2D eigenvalue weighted by Gasteiger charge is -2.29. The van der Waals surface area contributed by atoms with Crippen molar-refractivity contribution in [2.24, 2.45) is 0 Å². The summed E-state index contributed by atoms with van der Waals surface area (Å²) in [4.78, 5) is 15.6. The van der Waals surface area contributed by atoms with E-state index in [4.69, 9.17) is 0 Å². The number of aliphatic hydroxyl groups is 1. The molecule has 0 spiro atoms. The van der Waals surface area contributed by atoms with E-state index >= 15 is 0 Å². The fourth-order valence-corrected chi connectivity index (χ4v) is 2.94. The van der Waals surface area contributed by atoms with Crippen molar-refractivity contribution >= 4 is 11.7 Å². The minimum Gasteiger partial charge on any atom is -0.392 e. The van der Waals surface area contributed by atoms with Gasteiger partial charge in [0.1, 0.15) is 17.3 Å². The fourth-order valence-electron chi connectivity index (χ4n) is 2.94. The lowest BCUT2D eigenvalue weighted by molar-refractivity contribution is 0.117. The van der Waals surface area contributed by atoms with Gasteiger partial charge in [0.05, 0.1) is 6.10 Å². The van der Waals surface area contributed by atoms with Gasteiger partial charge in [-0.25, -0.2) is 13.6 Å². The second-order valence-corrected chi connectivity index (χ2v) is 6.55. The molecule has 1 aromatic rings. The number of rotatable bonds is 5. The van der Waals surface area contributed by atoms with E-state index in [1.54, 1.807) is 16.7 Å². The van der Waals surface area contributed by atoms with Crippen LogP contribution in [-0.2, 0) is 0 Å². The van der Waals surface area contributed by atoms with Crippen molar-refractivity contribution in [3.8, 4) is 0 Å². The zero-order valence-electron chi connectivity index (χ0n) is 14.3. The Balaban J connectivity index is 1.99. The van der Waals surface area contributed by atoms with Crippen molar-refractivity contribution in [1.29, 1.82) is 0 Å². The van der Waals surface area contributed by atoms with E-state index in [1.807, 2.05) is 13.8 Å². The van der Waals surface area contributed by atoms with Gasteiger partial charge in [0.15, 0.2) is 0 Å². The molecule has 1 heterocycles. The molecule has 2 N–H and O–H groups in total. The maximum Gasteiger partial charge on any atom is 0.317 e. The van der Waals surface area contributed by atoms with Crippen LogP contribution in [0.1, 0.15) is 27.2 Å². The quantitative estimate of drug-likeness (QED) is 0.864. The first-order chi connectivity index (χ1) is 11.3. The Kier molecular flexibility index (Phi) is 5.99. The van der Waals surface area contributed by atoms with Crippen molar-refractivity contribution in [2.75, 3.05) is 24.5 Å².